The van der Waals surface area contributed by atoms with Crippen LogP contribution in [0.25, 0.3) is 0 Å². The van der Waals surface area contributed by atoms with E-state index in [-0.39, 0.29) is 11.8 Å². The summed E-state index contributed by atoms with van der Waals surface area (Å²) < 4.78 is 5.50. The van der Waals surface area contributed by atoms with Crippen LogP contribution in [0.4, 0.5) is 5.69 Å². The molecular formula is C22H21NO2. The van der Waals surface area contributed by atoms with Crippen LogP contribution in [-0.2, 0) is 0 Å². The van der Waals surface area contributed by atoms with Crippen LogP contribution in [0.1, 0.15) is 28.4 Å². The molecule has 3 rings (SSSR count). The molecule has 0 spiro atoms. The van der Waals surface area contributed by atoms with Gasteiger partial charge in [0.25, 0.3) is 0 Å². The van der Waals surface area contributed by atoms with Crippen LogP contribution in [0.15, 0.2) is 84.9 Å². The zero-order valence-corrected chi connectivity index (χ0v) is 14.2. The summed E-state index contributed by atoms with van der Waals surface area (Å²) in [6.45, 7) is 0. The molecule has 0 aliphatic heterocycles. The maximum absolute atomic E-state index is 12.7. The van der Waals surface area contributed by atoms with Gasteiger partial charge in [0.05, 0.1) is 13.2 Å². The number of anilines is 1. The van der Waals surface area contributed by atoms with Gasteiger partial charge in [0.1, 0.15) is 5.75 Å². The van der Waals surface area contributed by atoms with Gasteiger partial charge in [-0.15, -0.1) is 0 Å². The van der Waals surface area contributed by atoms with Crippen LogP contribution in [0.2, 0.25) is 0 Å². The van der Waals surface area contributed by atoms with Crippen LogP contribution < -0.4 is 10.1 Å². The zero-order valence-electron chi connectivity index (χ0n) is 14.2. The maximum atomic E-state index is 12.7. The van der Waals surface area contributed by atoms with Crippen molar-refractivity contribution < 1.29 is 9.53 Å². The number of ketones is 1. The molecular weight excluding hydrogens is 310 g/mol. The highest BCUT2D eigenvalue weighted by Gasteiger charge is 2.20. The molecule has 25 heavy (non-hydrogen) atoms. The Kier molecular flexibility index (Phi) is 5.47. The summed E-state index contributed by atoms with van der Waals surface area (Å²) in [5.74, 6) is 0.872. The van der Waals surface area contributed by atoms with Crippen molar-refractivity contribution in [2.24, 2.45) is 0 Å². The van der Waals surface area contributed by atoms with E-state index in [0.29, 0.717) is 6.42 Å². The number of hydrogen-bond acceptors (Lipinski definition) is 3. The van der Waals surface area contributed by atoms with E-state index >= 15 is 0 Å². The molecule has 0 radical (unpaired) electrons. The lowest BCUT2D eigenvalue weighted by Gasteiger charge is -2.22. The van der Waals surface area contributed by atoms with Crippen molar-refractivity contribution in [2.75, 3.05) is 12.4 Å². The predicted octanol–water partition coefficient (Wildman–Crippen LogP) is 5.12. The van der Waals surface area contributed by atoms with Gasteiger partial charge in [-0.2, -0.15) is 0 Å². The number of carbonyl (C=O) groups is 1. The predicted molar refractivity (Wildman–Crippen MR) is 101 cm³/mol. The quantitative estimate of drug-likeness (QED) is 0.611. The van der Waals surface area contributed by atoms with E-state index in [4.69, 9.17) is 4.74 Å². The van der Waals surface area contributed by atoms with Crippen molar-refractivity contribution in [1.82, 2.24) is 0 Å². The Morgan fingerprint density at radius 1 is 0.880 bits per heavy atom. The molecule has 0 heterocycles. The molecule has 0 bridgehead atoms. The Morgan fingerprint density at radius 3 is 2.16 bits per heavy atom. The van der Waals surface area contributed by atoms with Gasteiger partial charge < -0.3 is 10.1 Å². The number of rotatable bonds is 7. The molecule has 3 aromatic rings. The first-order chi connectivity index (χ1) is 12.3. The van der Waals surface area contributed by atoms with Crippen molar-refractivity contribution in [3.05, 3.63) is 96.1 Å². The molecule has 0 aliphatic carbocycles. The third-order valence-corrected chi connectivity index (χ3v) is 4.11. The number of carbonyl (C=O) groups excluding carboxylic acids is 1. The molecule has 1 atom stereocenters. The lowest BCUT2D eigenvalue weighted by atomic mass is 9.97. The average Bonchev–Trinajstić information content (AvgIpc) is 2.69. The Hall–Kier alpha value is -3.07. The number of hydrogen-bond donors (Lipinski definition) is 1. The molecule has 0 saturated carbocycles. The minimum Gasteiger partial charge on any atom is -0.496 e. The van der Waals surface area contributed by atoms with Gasteiger partial charge in [0, 0.05) is 23.2 Å². The van der Waals surface area contributed by atoms with E-state index in [1.54, 1.807) is 7.11 Å². The summed E-state index contributed by atoms with van der Waals surface area (Å²) in [5.41, 5.74) is 2.66. The smallest absolute Gasteiger partial charge is 0.165 e. The first-order valence-corrected chi connectivity index (χ1v) is 8.30. The molecule has 0 unspecified atom stereocenters. The van der Waals surface area contributed by atoms with Crippen LogP contribution in [0.3, 0.4) is 0 Å². The lowest BCUT2D eigenvalue weighted by molar-refractivity contribution is 0.0976. The zero-order chi connectivity index (χ0) is 17.5. The number of nitrogens with one attached hydrogen (secondary N) is 1. The molecule has 3 heteroatoms. The highest BCUT2D eigenvalue weighted by atomic mass is 16.5. The number of ether oxygens (including phenoxy) is 1. The second-order valence-corrected chi connectivity index (χ2v) is 5.80. The highest BCUT2D eigenvalue weighted by molar-refractivity contribution is 5.96. The largest absolute Gasteiger partial charge is 0.496 e. The topological polar surface area (TPSA) is 38.3 Å². The molecule has 0 amide bonds. The van der Waals surface area contributed by atoms with Gasteiger partial charge in [-0.25, -0.2) is 0 Å². The van der Waals surface area contributed by atoms with E-state index in [9.17, 15) is 4.79 Å². The Labute approximate surface area is 148 Å². The number of methoxy groups -OCH3 is 1. The van der Waals surface area contributed by atoms with Gasteiger partial charge in [-0.3, -0.25) is 4.79 Å². The summed E-state index contributed by atoms with van der Waals surface area (Å²) in [5, 5.41) is 3.47. The number of Topliss-reactive ketones (excluding diaryl/α,β-unsaturated/α-hetero) is 1. The molecule has 1 N–H and O–H groups in total. The second kappa shape index (κ2) is 8.15. The fourth-order valence-electron chi connectivity index (χ4n) is 2.86. The van der Waals surface area contributed by atoms with E-state index in [1.807, 2.05) is 84.9 Å². The van der Waals surface area contributed by atoms with Crippen molar-refractivity contribution in [3.63, 3.8) is 0 Å². The Balaban J connectivity index is 1.90. The highest BCUT2D eigenvalue weighted by Crippen LogP contribution is 2.31. The summed E-state index contributed by atoms with van der Waals surface area (Å²) in [6.07, 6.45) is 0.347. The van der Waals surface area contributed by atoms with E-state index in [2.05, 4.69) is 5.32 Å². The summed E-state index contributed by atoms with van der Waals surface area (Å²) >= 11 is 0. The Bertz CT molecular complexity index is 816. The lowest BCUT2D eigenvalue weighted by Crippen LogP contribution is -2.16. The van der Waals surface area contributed by atoms with Crippen LogP contribution in [-0.4, -0.2) is 12.9 Å². The van der Waals surface area contributed by atoms with Crippen molar-refractivity contribution in [3.8, 4) is 5.75 Å². The van der Waals surface area contributed by atoms with Crippen molar-refractivity contribution in [1.29, 1.82) is 0 Å². The molecule has 3 nitrogen and oxygen atoms in total. The van der Waals surface area contributed by atoms with Gasteiger partial charge in [-0.05, 0) is 18.2 Å². The molecule has 3 aromatic carbocycles. The van der Waals surface area contributed by atoms with Gasteiger partial charge in [-0.1, -0.05) is 66.7 Å². The summed E-state index contributed by atoms with van der Waals surface area (Å²) in [7, 11) is 1.65. The fourth-order valence-corrected chi connectivity index (χ4v) is 2.86. The molecule has 0 saturated heterocycles. The summed E-state index contributed by atoms with van der Waals surface area (Å²) in [4.78, 5) is 12.7. The number of para-hydroxylation sites is 2. The normalized spacial score (nSPS) is 11.6. The third kappa shape index (κ3) is 4.27. The molecule has 0 aliphatic rings. The SMILES string of the molecule is COc1ccccc1[C@@H](CC(=O)c1ccccc1)Nc1ccccc1. The molecule has 0 aromatic heterocycles. The van der Waals surface area contributed by atoms with Gasteiger partial charge >= 0.3 is 0 Å². The average molecular weight is 331 g/mol. The first kappa shape index (κ1) is 16.8. The van der Waals surface area contributed by atoms with E-state index in [0.717, 1.165) is 22.6 Å². The van der Waals surface area contributed by atoms with Gasteiger partial charge in [0.2, 0.25) is 0 Å². The van der Waals surface area contributed by atoms with E-state index < -0.39 is 0 Å². The maximum Gasteiger partial charge on any atom is 0.165 e. The van der Waals surface area contributed by atoms with Crippen molar-refractivity contribution >= 4 is 11.5 Å². The summed E-state index contributed by atoms with van der Waals surface area (Å²) in [6, 6.07) is 26.9. The molecule has 126 valence electrons. The third-order valence-electron chi connectivity index (χ3n) is 4.11. The first-order valence-electron chi connectivity index (χ1n) is 8.30. The Morgan fingerprint density at radius 2 is 1.48 bits per heavy atom. The monoisotopic (exact) mass is 331 g/mol. The van der Waals surface area contributed by atoms with Crippen LogP contribution in [0, 0.1) is 0 Å². The van der Waals surface area contributed by atoms with Crippen LogP contribution >= 0.6 is 0 Å². The number of benzene rings is 3. The second-order valence-electron chi connectivity index (χ2n) is 5.80. The van der Waals surface area contributed by atoms with Gasteiger partial charge in [0.15, 0.2) is 5.78 Å². The fraction of sp³-hybridized carbons (Fsp3) is 0.136. The standard InChI is InChI=1S/C22H21NO2/c1-25-22-15-9-8-14-19(22)20(23-18-12-6-3-7-13-18)16-21(24)17-10-4-2-5-11-17/h2-15,20,23H,16H2,1H3/t20-/m1/s1. The minimum atomic E-state index is -0.175. The van der Waals surface area contributed by atoms with E-state index in [1.165, 1.54) is 0 Å². The van der Waals surface area contributed by atoms with Crippen LogP contribution in [0.5, 0.6) is 5.75 Å². The molecule has 0 fully saturated rings. The minimum absolute atomic E-state index is 0.0972. The van der Waals surface area contributed by atoms with Crippen molar-refractivity contribution in [2.45, 2.75) is 12.5 Å².